The van der Waals surface area contributed by atoms with Gasteiger partial charge in [-0.25, -0.2) is 9.97 Å². The van der Waals surface area contributed by atoms with Gasteiger partial charge in [-0.3, -0.25) is 34.9 Å². The number of fused-ring (bicyclic) bond motifs is 15. The minimum Gasteiger partial charge on any atom is -0.261 e. The molecule has 0 radical (unpaired) electrons. The Morgan fingerprint density at radius 2 is 0.646 bits per heavy atom. The molecule has 5 aliphatic carbocycles. The molecule has 10 aromatic rings. The maximum Gasteiger partial charge on any atom is 0.116 e. The molecule has 9 nitrogen and oxygen atoms in total. The lowest BCUT2D eigenvalue weighted by atomic mass is 9.99. The van der Waals surface area contributed by atoms with Crippen molar-refractivity contribution >= 4 is 0 Å². The summed E-state index contributed by atoms with van der Waals surface area (Å²) in [6.45, 7) is 36.5. The molecule has 5 aliphatic rings. The Kier molecular flexibility index (Phi) is 14.8. The van der Waals surface area contributed by atoms with Gasteiger partial charge in [-0.15, -0.1) is 0 Å². The van der Waals surface area contributed by atoms with Gasteiger partial charge in [0.2, 0.25) is 0 Å². The monoisotopic (exact) mass is 1080 g/mol. The van der Waals surface area contributed by atoms with Crippen LogP contribution in [0.1, 0.15) is 151 Å². The molecule has 0 spiro atoms. The smallest absolute Gasteiger partial charge is 0.116 e. The molecule has 3 aromatic carbocycles. The van der Waals surface area contributed by atoms with E-state index in [1.165, 1.54) is 156 Å². The van der Waals surface area contributed by atoms with Crippen LogP contribution < -0.4 is 0 Å². The first-order chi connectivity index (χ1) is 39.2. The Labute approximate surface area is 485 Å². The highest BCUT2D eigenvalue weighted by Gasteiger charge is 2.28. The molecule has 0 atom stereocenters. The van der Waals surface area contributed by atoms with E-state index in [2.05, 4.69) is 198 Å². The molecule has 9 heteroatoms. The summed E-state index contributed by atoms with van der Waals surface area (Å²) in [6, 6.07) is 15.2. The number of hydrogen-bond donors (Lipinski definition) is 0. The first-order valence-electron chi connectivity index (χ1n) is 28.9. The first-order valence-corrected chi connectivity index (χ1v) is 28.9. The first kappa shape index (κ1) is 55.5. The van der Waals surface area contributed by atoms with Gasteiger partial charge >= 0.3 is 0 Å². The standard InChI is InChI=1S/C16H17N.C15H16N2.3C14H14N2/c1-9-5-6-13-14(11(9)3)7-15-12(4)10(2)8-17-16(13)15;1-8-6-17-15-13(9(8)2)5-12-10(3)11(4)16-7-14(12)15;1-8-7-16-14-11-4-5-15-10(3)13(11)6-12(14)9(8)2;1-8-4-5-11-12(9(8)2)6-13-10(3)15-7-16-14(11)13;1-8-4-5-11-12(10(8)3)6-13-14(11)15-7-9(2)16-13/h5-6,8H,7H2,1-4H3;6-7H,5H2,1-4H3;3*4-5,7H,6H2,1-3H3. The predicted octanol–water partition coefficient (Wildman–Crippen LogP) is 16.1. The van der Waals surface area contributed by atoms with Gasteiger partial charge < -0.3 is 0 Å². The summed E-state index contributed by atoms with van der Waals surface area (Å²) in [7, 11) is 0. The quantitative estimate of drug-likeness (QED) is 0.146. The van der Waals surface area contributed by atoms with E-state index in [-0.39, 0.29) is 0 Å². The number of pyridine rings is 5. The van der Waals surface area contributed by atoms with E-state index >= 15 is 0 Å². The van der Waals surface area contributed by atoms with E-state index in [1.807, 2.05) is 44.1 Å². The van der Waals surface area contributed by atoms with E-state index in [9.17, 15) is 0 Å². The van der Waals surface area contributed by atoms with Gasteiger partial charge in [-0.05, 0) is 241 Å². The molecule has 7 aromatic heterocycles. The van der Waals surface area contributed by atoms with Crippen LogP contribution in [0.25, 0.3) is 56.3 Å². The summed E-state index contributed by atoms with van der Waals surface area (Å²) >= 11 is 0. The van der Waals surface area contributed by atoms with Gasteiger partial charge in [0.1, 0.15) is 6.33 Å². The van der Waals surface area contributed by atoms with Gasteiger partial charge in [-0.1, -0.05) is 36.4 Å². The molecule has 0 saturated heterocycles. The third kappa shape index (κ3) is 9.71. The van der Waals surface area contributed by atoms with E-state index in [0.29, 0.717) is 0 Å². The Hall–Kier alpha value is -8.43. The molecule has 0 saturated carbocycles. The van der Waals surface area contributed by atoms with Crippen molar-refractivity contribution in [3.63, 3.8) is 0 Å². The molecule has 0 N–H and O–H groups in total. The van der Waals surface area contributed by atoms with Crippen molar-refractivity contribution in [1.82, 2.24) is 44.9 Å². The van der Waals surface area contributed by atoms with Crippen LogP contribution in [-0.2, 0) is 32.1 Å². The van der Waals surface area contributed by atoms with Crippen LogP contribution in [0.4, 0.5) is 0 Å². The summed E-state index contributed by atoms with van der Waals surface area (Å²) < 4.78 is 0. The molecule has 412 valence electrons. The van der Waals surface area contributed by atoms with Crippen molar-refractivity contribution in [2.75, 3.05) is 0 Å². The highest BCUT2D eigenvalue weighted by atomic mass is 14.9. The summed E-state index contributed by atoms with van der Waals surface area (Å²) in [5.41, 5.74) is 47.8. The summed E-state index contributed by atoms with van der Waals surface area (Å²) in [6.07, 6.45) is 18.3. The lowest BCUT2D eigenvalue weighted by Crippen LogP contribution is -1.93. The minimum absolute atomic E-state index is 0.937. The SMILES string of the molecule is Cc1ccc2c(c1C)Cc1c(C)ncnc1-2.Cc1ccc2c(c1C)Cc1c-2ncc(C)c1C.Cc1cnc2c(c1C)Cc1c-2ccnc1C.Cc1cnc2c(c1C)Cc1c-2cnc(C)c1C.Cc1cnc2c(n1)Cc1c-2ccc(C)c1C. The van der Waals surface area contributed by atoms with Crippen LogP contribution >= 0.6 is 0 Å². The molecule has 0 amide bonds. The predicted molar refractivity (Wildman–Crippen MR) is 334 cm³/mol. The number of hydrogen-bond acceptors (Lipinski definition) is 9. The van der Waals surface area contributed by atoms with E-state index in [1.54, 1.807) is 6.33 Å². The zero-order valence-electron chi connectivity index (χ0n) is 51.1. The molecule has 82 heavy (non-hydrogen) atoms. The van der Waals surface area contributed by atoms with Gasteiger partial charge in [-0.2, -0.15) is 0 Å². The van der Waals surface area contributed by atoms with Crippen LogP contribution in [-0.4, -0.2) is 44.9 Å². The third-order valence-corrected chi connectivity index (χ3v) is 18.9. The lowest BCUT2D eigenvalue weighted by Gasteiger charge is -2.06. The molecule has 0 bridgehead atoms. The molecular weight excluding hydrogens is 1000 g/mol. The largest absolute Gasteiger partial charge is 0.261 e. The fourth-order valence-electron chi connectivity index (χ4n) is 12.5. The summed E-state index contributed by atoms with van der Waals surface area (Å²) in [4.78, 5) is 40.4. The van der Waals surface area contributed by atoms with Crippen LogP contribution in [0.15, 0.2) is 86.0 Å². The van der Waals surface area contributed by atoms with Gasteiger partial charge in [0.15, 0.2) is 0 Å². The van der Waals surface area contributed by atoms with E-state index in [0.717, 1.165) is 83.3 Å². The van der Waals surface area contributed by atoms with Crippen molar-refractivity contribution in [2.24, 2.45) is 0 Å². The van der Waals surface area contributed by atoms with Crippen LogP contribution in [0.2, 0.25) is 0 Å². The van der Waals surface area contributed by atoms with Crippen molar-refractivity contribution in [3.8, 4) is 56.3 Å². The van der Waals surface area contributed by atoms with Crippen molar-refractivity contribution < 1.29 is 0 Å². The van der Waals surface area contributed by atoms with E-state index < -0.39 is 0 Å². The zero-order valence-corrected chi connectivity index (χ0v) is 51.1. The number of aromatic nitrogens is 9. The van der Waals surface area contributed by atoms with Gasteiger partial charge in [0.05, 0.1) is 39.9 Å². The Morgan fingerprint density at radius 3 is 1.17 bits per heavy atom. The third-order valence-electron chi connectivity index (χ3n) is 18.9. The van der Waals surface area contributed by atoms with Crippen molar-refractivity contribution in [3.05, 3.63) is 237 Å². The molecule has 15 rings (SSSR count). The molecule has 7 heterocycles. The maximum atomic E-state index is 4.63. The minimum atomic E-state index is 0.937. The maximum absolute atomic E-state index is 4.63. The Morgan fingerprint density at radius 1 is 0.256 bits per heavy atom. The Balaban J connectivity index is 0.000000108. The molecule has 0 unspecified atom stereocenters. The molecular formula is C73H75N9. The normalized spacial score (nSPS) is 12.5. The number of benzene rings is 3. The summed E-state index contributed by atoms with van der Waals surface area (Å²) in [5.74, 6) is 0. The highest BCUT2D eigenvalue weighted by Crippen LogP contribution is 2.43. The van der Waals surface area contributed by atoms with Gasteiger partial charge in [0.25, 0.3) is 0 Å². The van der Waals surface area contributed by atoms with Crippen molar-refractivity contribution in [2.45, 2.75) is 150 Å². The summed E-state index contributed by atoms with van der Waals surface area (Å²) in [5, 5.41) is 0. The molecule has 0 fully saturated rings. The second kappa shape index (κ2) is 21.8. The average molecular weight is 1080 g/mol. The fourth-order valence-corrected chi connectivity index (χ4v) is 12.5. The number of aryl methyl sites for hydroxylation is 10. The lowest BCUT2D eigenvalue weighted by molar-refractivity contribution is 1.03. The van der Waals surface area contributed by atoms with Crippen LogP contribution in [0.3, 0.4) is 0 Å². The number of nitrogens with zero attached hydrogens (tertiary/aromatic N) is 9. The highest BCUT2D eigenvalue weighted by molar-refractivity contribution is 5.80. The van der Waals surface area contributed by atoms with Crippen molar-refractivity contribution in [1.29, 1.82) is 0 Å². The van der Waals surface area contributed by atoms with Gasteiger partial charge in [0, 0.05) is 120 Å². The van der Waals surface area contributed by atoms with Crippen LogP contribution in [0.5, 0.6) is 0 Å². The topological polar surface area (TPSA) is 116 Å². The molecule has 0 aliphatic heterocycles. The van der Waals surface area contributed by atoms with Crippen LogP contribution in [0, 0.1) is 118 Å². The number of rotatable bonds is 0. The Bertz CT molecular complexity index is 3950. The second-order valence-electron chi connectivity index (χ2n) is 23.5. The second-order valence-corrected chi connectivity index (χ2v) is 23.5. The van der Waals surface area contributed by atoms with E-state index in [4.69, 9.17) is 0 Å². The average Bonchev–Trinajstić information content (AvgIpc) is 4.43. The zero-order chi connectivity index (χ0) is 58.2. The fraction of sp³-hybridized carbons (Fsp3) is 0.301.